The molecular weight excluding hydrogens is 231 g/mol. The van der Waals surface area contributed by atoms with Gasteiger partial charge in [0.15, 0.2) is 0 Å². The molecule has 0 bridgehead atoms. The van der Waals surface area contributed by atoms with E-state index in [1.54, 1.807) is 0 Å². The first-order valence-electron chi connectivity index (χ1n) is 0.836. The third kappa shape index (κ3) is 60.6. The normalized spacial score (nSPS) is 10.0. The molecule has 6 heteroatoms. The molecule has 0 unspecified atom stereocenters. The average Bonchev–Trinajstić information content (AvgIpc) is 0.722. The van der Waals surface area contributed by atoms with Crippen molar-refractivity contribution in [2.75, 3.05) is 0 Å². The molecule has 0 saturated carbocycles. The molecule has 0 aromatic carbocycles. The van der Waals surface area contributed by atoms with Crippen LogP contribution in [0.3, 0.4) is 0 Å². The van der Waals surface area contributed by atoms with Crippen molar-refractivity contribution in [2.45, 2.75) is 0 Å². The second kappa shape index (κ2) is 3.28. The summed E-state index contributed by atoms with van der Waals surface area (Å²) in [5, 5.41) is 0. The fourth-order valence-electron chi connectivity index (χ4n) is 0. The zero-order valence-electron chi connectivity index (χ0n) is 2.75. The van der Waals surface area contributed by atoms with Gasteiger partial charge in [0.1, 0.15) is 0 Å². The van der Waals surface area contributed by atoms with Gasteiger partial charge < -0.3 is 19.2 Å². The Balaban J connectivity index is 0. The standard InChI is InChI=1S/La.HO4Si/c;1-5(2,3)4/h;1H/q+3;-3. The Bertz CT molecular complexity index is 23.0. The first-order valence-corrected chi connectivity index (χ1v) is 2.51. The van der Waals surface area contributed by atoms with Gasteiger partial charge in [0, 0.05) is 0 Å². The summed E-state index contributed by atoms with van der Waals surface area (Å²) < 4.78 is 0. The summed E-state index contributed by atoms with van der Waals surface area (Å²) in [7, 11) is -5.36. The van der Waals surface area contributed by atoms with E-state index in [4.69, 9.17) is 19.2 Å². The molecule has 0 saturated heterocycles. The summed E-state index contributed by atoms with van der Waals surface area (Å²) in [4.78, 5) is 33.1. The van der Waals surface area contributed by atoms with Gasteiger partial charge in [-0.3, -0.25) is 0 Å². The van der Waals surface area contributed by atoms with Crippen LogP contribution in [0.5, 0.6) is 0 Å². The summed E-state index contributed by atoms with van der Waals surface area (Å²) in [6.45, 7) is 0. The number of rotatable bonds is 0. The molecule has 0 aliphatic carbocycles. The molecule has 4 nitrogen and oxygen atoms in total. The van der Waals surface area contributed by atoms with Gasteiger partial charge in [0.2, 0.25) is 0 Å². The van der Waals surface area contributed by atoms with Gasteiger partial charge in [-0.2, -0.15) is 0 Å². The predicted octanol–water partition coefficient (Wildman–Crippen LogP) is -4.50. The van der Waals surface area contributed by atoms with Crippen LogP contribution in [-0.2, 0) is 0 Å². The molecule has 1 N–H and O–H groups in total. The first kappa shape index (κ1) is 10.3. The van der Waals surface area contributed by atoms with Crippen molar-refractivity contribution in [3.05, 3.63) is 0 Å². The molecule has 0 radical (unpaired) electrons. The maximum absolute atomic E-state index is 8.69. The Labute approximate surface area is 63.5 Å². The Kier molecular flexibility index (Phi) is 5.62. The predicted molar refractivity (Wildman–Crippen MR) is 7.97 cm³/mol. The summed E-state index contributed by atoms with van der Waals surface area (Å²) in [6, 6.07) is 0. The fraction of sp³-hybridized carbons (Fsp3) is 0. The Hall–Kier alpha value is 1.25. The van der Waals surface area contributed by atoms with Crippen LogP contribution in [0, 0.1) is 35.6 Å². The minimum atomic E-state index is -5.36. The van der Waals surface area contributed by atoms with E-state index in [1.807, 2.05) is 0 Å². The third-order valence-electron chi connectivity index (χ3n) is 0. The molecule has 0 rings (SSSR count). The molecule has 6 heavy (non-hydrogen) atoms. The van der Waals surface area contributed by atoms with Crippen LogP contribution in [-0.4, -0.2) is 13.8 Å². The van der Waals surface area contributed by atoms with E-state index in [0.29, 0.717) is 0 Å². The molecule has 0 aromatic heterocycles. The summed E-state index contributed by atoms with van der Waals surface area (Å²) in [5.41, 5.74) is 0. The Morgan fingerprint density at radius 1 is 1.17 bits per heavy atom. The van der Waals surface area contributed by atoms with E-state index >= 15 is 0 Å². The summed E-state index contributed by atoms with van der Waals surface area (Å²) in [6.07, 6.45) is 0. The second-order valence-corrected chi connectivity index (χ2v) is 1.57. The maximum atomic E-state index is 8.69. The van der Waals surface area contributed by atoms with E-state index in [9.17, 15) is 0 Å². The van der Waals surface area contributed by atoms with Gasteiger partial charge >= 0.3 is 35.6 Å². The van der Waals surface area contributed by atoms with Gasteiger partial charge in [-0.1, -0.05) is 0 Å². The third-order valence-corrected chi connectivity index (χ3v) is 0. The van der Waals surface area contributed by atoms with Crippen LogP contribution >= 0.6 is 0 Å². The fourth-order valence-corrected chi connectivity index (χ4v) is 0. The van der Waals surface area contributed by atoms with Crippen LogP contribution in [0.1, 0.15) is 0 Å². The number of hydrogen-bond donors (Lipinski definition) is 1. The monoisotopic (exact) mass is 232 g/mol. The van der Waals surface area contributed by atoms with Crippen molar-refractivity contribution >= 4 is 9.05 Å². The van der Waals surface area contributed by atoms with Gasteiger partial charge in [-0.15, -0.1) is 9.05 Å². The van der Waals surface area contributed by atoms with Crippen molar-refractivity contribution in [1.29, 1.82) is 0 Å². The summed E-state index contributed by atoms with van der Waals surface area (Å²) >= 11 is 0. The van der Waals surface area contributed by atoms with Gasteiger partial charge in [0.05, 0.1) is 0 Å². The Morgan fingerprint density at radius 2 is 1.17 bits per heavy atom. The molecule has 0 atom stereocenters. The van der Waals surface area contributed by atoms with E-state index in [2.05, 4.69) is 0 Å². The van der Waals surface area contributed by atoms with E-state index in [-0.39, 0.29) is 35.6 Å². The molecule has 32 valence electrons. The van der Waals surface area contributed by atoms with Crippen LogP contribution in [0.2, 0.25) is 0 Å². The summed E-state index contributed by atoms with van der Waals surface area (Å²) in [5.74, 6) is 0. The quantitative estimate of drug-likeness (QED) is 0.426. The topological polar surface area (TPSA) is 89.4 Å². The van der Waals surface area contributed by atoms with Crippen molar-refractivity contribution in [1.82, 2.24) is 0 Å². The van der Waals surface area contributed by atoms with Crippen LogP contribution in [0.15, 0.2) is 0 Å². The first-order chi connectivity index (χ1) is 2.00. The largest absolute Gasteiger partial charge is 3.00 e. The molecule has 0 spiro atoms. The molecule has 0 aliphatic heterocycles. The minimum absolute atomic E-state index is 0. The molecule has 0 aromatic rings. The molecule has 0 fully saturated rings. The minimum Gasteiger partial charge on any atom is -0.861 e. The maximum Gasteiger partial charge on any atom is 3.00 e. The van der Waals surface area contributed by atoms with E-state index < -0.39 is 9.05 Å². The zero-order chi connectivity index (χ0) is 4.50. The van der Waals surface area contributed by atoms with Gasteiger partial charge in [-0.05, 0) is 0 Å². The van der Waals surface area contributed by atoms with Crippen molar-refractivity contribution in [3.63, 3.8) is 0 Å². The molecule has 0 heterocycles. The second-order valence-electron chi connectivity index (χ2n) is 0.524. The van der Waals surface area contributed by atoms with Crippen LogP contribution < -0.4 is 14.4 Å². The van der Waals surface area contributed by atoms with Crippen molar-refractivity contribution in [3.8, 4) is 0 Å². The Morgan fingerprint density at radius 3 is 1.17 bits per heavy atom. The zero-order valence-corrected chi connectivity index (χ0v) is 7.38. The van der Waals surface area contributed by atoms with Gasteiger partial charge in [0.25, 0.3) is 0 Å². The van der Waals surface area contributed by atoms with Gasteiger partial charge in [-0.25, -0.2) is 0 Å². The average molecular weight is 232 g/mol. The molecule has 0 aliphatic rings. The van der Waals surface area contributed by atoms with Crippen LogP contribution in [0.25, 0.3) is 0 Å². The molecular formula is HLaO4Si. The smallest absolute Gasteiger partial charge is 0.861 e. The van der Waals surface area contributed by atoms with Crippen LogP contribution in [0.4, 0.5) is 0 Å². The van der Waals surface area contributed by atoms with E-state index in [0.717, 1.165) is 0 Å². The molecule has 0 amide bonds. The van der Waals surface area contributed by atoms with Crippen molar-refractivity contribution in [2.24, 2.45) is 0 Å². The van der Waals surface area contributed by atoms with E-state index in [1.165, 1.54) is 0 Å². The number of hydrogen-bond acceptors (Lipinski definition) is 4. The SMILES string of the molecule is [La+3].[O-][Si]([O-])([O-])O. The van der Waals surface area contributed by atoms with Crippen molar-refractivity contribution < 1.29 is 54.8 Å².